The fourth-order valence-corrected chi connectivity index (χ4v) is 1.67. The Hall–Kier alpha value is -2.17. The molecule has 0 aliphatic carbocycles. The minimum absolute atomic E-state index is 0.213. The maximum atomic E-state index is 13.2. The standard InChI is InChI=1S/C14H17FN4/c1-9(2)18-13-7-14(17-8-16-13)19-11-4-5-12(15)10(3)6-11/h4-9H,1-3H3,(H2,16,17,18,19). The molecule has 2 N–H and O–H groups in total. The van der Waals surface area contributed by atoms with Crippen molar-refractivity contribution >= 4 is 17.3 Å². The third-order valence-electron chi connectivity index (χ3n) is 2.53. The van der Waals surface area contributed by atoms with Gasteiger partial charge in [0.1, 0.15) is 23.8 Å². The van der Waals surface area contributed by atoms with Gasteiger partial charge in [-0.2, -0.15) is 0 Å². The Labute approximate surface area is 112 Å². The second kappa shape index (κ2) is 5.65. The van der Waals surface area contributed by atoms with Gasteiger partial charge in [0.15, 0.2) is 0 Å². The van der Waals surface area contributed by atoms with E-state index in [0.717, 1.165) is 11.5 Å². The van der Waals surface area contributed by atoms with Crippen molar-refractivity contribution < 1.29 is 4.39 Å². The number of hydrogen-bond donors (Lipinski definition) is 2. The van der Waals surface area contributed by atoms with Gasteiger partial charge >= 0.3 is 0 Å². The van der Waals surface area contributed by atoms with Gasteiger partial charge in [-0.05, 0) is 44.5 Å². The van der Waals surface area contributed by atoms with Gasteiger partial charge in [0.2, 0.25) is 0 Å². The van der Waals surface area contributed by atoms with E-state index in [1.165, 1.54) is 12.4 Å². The Kier molecular flexibility index (Phi) is 3.94. The van der Waals surface area contributed by atoms with Gasteiger partial charge in [-0.3, -0.25) is 0 Å². The largest absolute Gasteiger partial charge is 0.368 e. The van der Waals surface area contributed by atoms with Gasteiger partial charge in [0.25, 0.3) is 0 Å². The van der Waals surface area contributed by atoms with Crippen molar-refractivity contribution in [3.8, 4) is 0 Å². The molecule has 0 saturated heterocycles. The summed E-state index contributed by atoms with van der Waals surface area (Å²) in [6.45, 7) is 5.81. The predicted octanol–water partition coefficient (Wildman–Crippen LogP) is 3.49. The van der Waals surface area contributed by atoms with Gasteiger partial charge in [0, 0.05) is 17.8 Å². The molecule has 0 atom stereocenters. The zero-order valence-electron chi connectivity index (χ0n) is 11.2. The van der Waals surface area contributed by atoms with Crippen LogP contribution >= 0.6 is 0 Å². The highest BCUT2D eigenvalue weighted by molar-refractivity contribution is 5.59. The number of rotatable bonds is 4. The number of hydrogen-bond acceptors (Lipinski definition) is 4. The van der Waals surface area contributed by atoms with E-state index in [1.54, 1.807) is 19.1 Å². The number of halogens is 1. The van der Waals surface area contributed by atoms with Gasteiger partial charge < -0.3 is 10.6 Å². The molecule has 0 spiro atoms. The van der Waals surface area contributed by atoms with E-state index in [-0.39, 0.29) is 5.82 Å². The van der Waals surface area contributed by atoms with E-state index in [2.05, 4.69) is 20.6 Å². The molecule has 19 heavy (non-hydrogen) atoms. The first-order valence-corrected chi connectivity index (χ1v) is 6.16. The molecule has 0 amide bonds. The van der Waals surface area contributed by atoms with Crippen LogP contribution in [0.4, 0.5) is 21.7 Å². The smallest absolute Gasteiger partial charge is 0.135 e. The molecule has 0 aliphatic rings. The van der Waals surface area contributed by atoms with Crippen LogP contribution in [0.1, 0.15) is 19.4 Å². The van der Waals surface area contributed by atoms with Crippen LogP contribution in [0.2, 0.25) is 0 Å². The summed E-state index contributed by atoms with van der Waals surface area (Å²) in [5, 5.41) is 6.33. The fraction of sp³-hybridized carbons (Fsp3) is 0.286. The highest BCUT2D eigenvalue weighted by Gasteiger charge is 2.03. The number of aryl methyl sites for hydroxylation is 1. The second-order valence-corrected chi connectivity index (χ2v) is 4.68. The zero-order chi connectivity index (χ0) is 13.8. The van der Waals surface area contributed by atoms with E-state index in [1.807, 2.05) is 19.9 Å². The maximum absolute atomic E-state index is 13.2. The SMILES string of the molecule is Cc1cc(Nc2cc(NC(C)C)ncn2)ccc1F. The van der Waals surface area contributed by atoms with Crippen molar-refractivity contribution in [1.82, 2.24) is 9.97 Å². The Bertz CT molecular complexity index is 569. The molecule has 1 aromatic carbocycles. The molecular weight excluding hydrogens is 243 g/mol. The molecule has 2 rings (SSSR count). The van der Waals surface area contributed by atoms with E-state index in [0.29, 0.717) is 17.4 Å². The number of aromatic nitrogens is 2. The van der Waals surface area contributed by atoms with Crippen molar-refractivity contribution in [2.45, 2.75) is 26.8 Å². The zero-order valence-corrected chi connectivity index (χ0v) is 11.2. The van der Waals surface area contributed by atoms with Crippen LogP contribution in [0.25, 0.3) is 0 Å². The first kappa shape index (κ1) is 13.3. The molecule has 0 saturated carbocycles. The predicted molar refractivity (Wildman–Crippen MR) is 75.2 cm³/mol. The Morgan fingerprint density at radius 1 is 1.11 bits per heavy atom. The Morgan fingerprint density at radius 3 is 2.53 bits per heavy atom. The third-order valence-corrected chi connectivity index (χ3v) is 2.53. The van der Waals surface area contributed by atoms with Crippen LogP contribution in [0, 0.1) is 12.7 Å². The molecule has 1 heterocycles. The molecule has 0 bridgehead atoms. The minimum Gasteiger partial charge on any atom is -0.368 e. The molecule has 0 unspecified atom stereocenters. The van der Waals surface area contributed by atoms with Crippen molar-refractivity contribution in [2.75, 3.05) is 10.6 Å². The Morgan fingerprint density at radius 2 is 1.84 bits per heavy atom. The monoisotopic (exact) mass is 260 g/mol. The average Bonchev–Trinajstić information content (AvgIpc) is 2.33. The molecule has 100 valence electrons. The summed E-state index contributed by atoms with van der Waals surface area (Å²) in [7, 11) is 0. The van der Waals surface area contributed by atoms with Crippen LogP contribution in [0.3, 0.4) is 0 Å². The van der Waals surface area contributed by atoms with Gasteiger partial charge in [-0.15, -0.1) is 0 Å². The average molecular weight is 260 g/mol. The molecule has 0 radical (unpaired) electrons. The quantitative estimate of drug-likeness (QED) is 0.883. The first-order chi connectivity index (χ1) is 9.04. The van der Waals surface area contributed by atoms with Crippen molar-refractivity contribution in [3.63, 3.8) is 0 Å². The highest BCUT2D eigenvalue weighted by Crippen LogP contribution is 2.19. The topological polar surface area (TPSA) is 49.8 Å². The molecule has 4 nitrogen and oxygen atoms in total. The fourth-order valence-electron chi connectivity index (χ4n) is 1.67. The summed E-state index contributed by atoms with van der Waals surface area (Å²) >= 11 is 0. The van der Waals surface area contributed by atoms with Crippen LogP contribution in [0.15, 0.2) is 30.6 Å². The van der Waals surface area contributed by atoms with Gasteiger partial charge in [-0.1, -0.05) is 0 Å². The summed E-state index contributed by atoms with van der Waals surface area (Å²) in [5.74, 6) is 1.21. The third kappa shape index (κ3) is 3.64. The lowest BCUT2D eigenvalue weighted by Gasteiger charge is -2.11. The highest BCUT2D eigenvalue weighted by atomic mass is 19.1. The number of nitrogens with zero attached hydrogens (tertiary/aromatic N) is 2. The minimum atomic E-state index is -0.213. The molecule has 5 heteroatoms. The van der Waals surface area contributed by atoms with Crippen LogP contribution in [-0.2, 0) is 0 Å². The number of benzene rings is 1. The van der Waals surface area contributed by atoms with E-state index < -0.39 is 0 Å². The molecular formula is C14H17FN4. The summed E-state index contributed by atoms with van der Waals surface area (Å²) < 4.78 is 13.2. The van der Waals surface area contributed by atoms with Crippen LogP contribution in [0.5, 0.6) is 0 Å². The van der Waals surface area contributed by atoms with E-state index >= 15 is 0 Å². The summed E-state index contributed by atoms with van der Waals surface area (Å²) in [6.07, 6.45) is 1.49. The summed E-state index contributed by atoms with van der Waals surface area (Å²) in [6, 6.07) is 6.98. The molecule has 0 aliphatic heterocycles. The second-order valence-electron chi connectivity index (χ2n) is 4.68. The summed E-state index contributed by atoms with van der Waals surface area (Å²) in [5.41, 5.74) is 1.40. The van der Waals surface area contributed by atoms with Gasteiger partial charge in [-0.25, -0.2) is 14.4 Å². The number of anilines is 3. The lowest BCUT2D eigenvalue weighted by atomic mass is 10.2. The van der Waals surface area contributed by atoms with Crippen molar-refractivity contribution in [1.29, 1.82) is 0 Å². The Balaban J connectivity index is 2.16. The first-order valence-electron chi connectivity index (χ1n) is 6.16. The van der Waals surface area contributed by atoms with Gasteiger partial charge in [0.05, 0.1) is 0 Å². The molecule has 0 fully saturated rings. The van der Waals surface area contributed by atoms with Crippen molar-refractivity contribution in [3.05, 3.63) is 42.0 Å². The van der Waals surface area contributed by atoms with E-state index in [9.17, 15) is 4.39 Å². The lowest BCUT2D eigenvalue weighted by Crippen LogP contribution is -2.11. The normalized spacial score (nSPS) is 10.6. The summed E-state index contributed by atoms with van der Waals surface area (Å²) in [4.78, 5) is 8.27. The lowest BCUT2D eigenvalue weighted by molar-refractivity contribution is 0.619. The van der Waals surface area contributed by atoms with Crippen LogP contribution in [-0.4, -0.2) is 16.0 Å². The molecule has 2 aromatic rings. The van der Waals surface area contributed by atoms with E-state index in [4.69, 9.17) is 0 Å². The molecule has 1 aromatic heterocycles. The van der Waals surface area contributed by atoms with Crippen molar-refractivity contribution in [2.24, 2.45) is 0 Å². The maximum Gasteiger partial charge on any atom is 0.135 e. The number of nitrogens with one attached hydrogen (secondary N) is 2. The van der Waals surface area contributed by atoms with Crippen LogP contribution < -0.4 is 10.6 Å².